The Morgan fingerprint density at radius 1 is 0.943 bits per heavy atom. The van der Waals surface area contributed by atoms with Gasteiger partial charge in [-0.15, -0.1) is 0 Å². The van der Waals surface area contributed by atoms with Gasteiger partial charge >= 0.3 is 11.5 Å². The van der Waals surface area contributed by atoms with Crippen LogP contribution in [-0.2, 0) is 6.54 Å². The van der Waals surface area contributed by atoms with Gasteiger partial charge in [0.1, 0.15) is 24.3 Å². The lowest BCUT2D eigenvalue weighted by Gasteiger charge is -2.13. The highest BCUT2D eigenvalue weighted by molar-refractivity contribution is 5.40. The first-order chi connectivity index (χ1) is 17.1. The van der Waals surface area contributed by atoms with Crippen LogP contribution in [0.15, 0.2) is 78.2 Å². The monoisotopic (exact) mass is 475 g/mol. The van der Waals surface area contributed by atoms with E-state index in [1.54, 1.807) is 38.2 Å². The van der Waals surface area contributed by atoms with Gasteiger partial charge in [-0.05, 0) is 84.1 Å². The molecule has 0 unspecified atom stereocenters. The van der Waals surface area contributed by atoms with Crippen molar-refractivity contribution in [1.82, 2.24) is 18.7 Å². The summed E-state index contributed by atoms with van der Waals surface area (Å²) in [6, 6.07) is 14.8. The molecule has 1 aliphatic carbocycles. The maximum Gasteiger partial charge on any atom is 0.381 e. The normalized spacial score (nSPS) is 13.7. The quantitative estimate of drug-likeness (QED) is 0.266. The molecule has 180 valence electrons. The fraction of sp³-hybridized carbons (Fsp3) is 0.280. The highest BCUT2D eigenvalue weighted by Crippen LogP contribution is 2.24. The van der Waals surface area contributed by atoms with Crippen LogP contribution in [0, 0.1) is 10.1 Å². The van der Waals surface area contributed by atoms with E-state index in [0.717, 1.165) is 24.3 Å². The topological polar surface area (TPSA) is 106 Å². The predicted molar refractivity (Wildman–Crippen MR) is 129 cm³/mol. The van der Waals surface area contributed by atoms with Gasteiger partial charge in [0.25, 0.3) is 0 Å². The lowest BCUT2D eigenvalue weighted by molar-refractivity contribution is -0.389. The molecular formula is C25H25N5O5. The summed E-state index contributed by atoms with van der Waals surface area (Å²) in [5.41, 5.74) is 1.31. The van der Waals surface area contributed by atoms with Crippen molar-refractivity contribution in [2.75, 3.05) is 6.61 Å². The zero-order valence-electron chi connectivity index (χ0n) is 19.0. The third-order valence-electron chi connectivity index (χ3n) is 6.04. The summed E-state index contributed by atoms with van der Waals surface area (Å²) >= 11 is 0. The van der Waals surface area contributed by atoms with Gasteiger partial charge in [-0.1, -0.05) is 0 Å². The highest BCUT2D eigenvalue weighted by Gasteiger charge is 2.16. The molecule has 0 bridgehead atoms. The molecular weight excluding hydrogens is 450 g/mol. The molecule has 10 nitrogen and oxygen atoms in total. The van der Waals surface area contributed by atoms with Gasteiger partial charge in [0.2, 0.25) is 6.33 Å². The lowest BCUT2D eigenvalue weighted by atomic mass is 10.2. The van der Waals surface area contributed by atoms with Crippen LogP contribution in [0.1, 0.15) is 25.7 Å². The number of aromatic nitrogens is 4. The minimum Gasteiger partial charge on any atom is -0.492 e. The molecule has 35 heavy (non-hydrogen) atoms. The van der Waals surface area contributed by atoms with Crippen molar-refractivity contribution in [3.63, 3.8) is 0 Å². The number of imidazole rings is 2. The largest absolute Gasteiger partial charge is 0.492 e. The summed E-state index contributed by atoms with van der Waals surface area (Å²) in [5, 5.41) is 10.7. The van der Waals surface area contributed by atoms with Crippen LogP contribution in [0.2, 0.25) is 0 Å². The molecule has 2 aromatic heterocycles. The molecule has 0 N–H and O–H groups in total. The van der Waals surface area contributed by atoms with Crippen molar-refractivity contribution in [2.45, 2.75) is 38.3 Å². The van der Waals surface area contributed by atoms with E-state index in [9.17, 15) is 14.9 Å². The molecule has 5 rings (SSSR count). The molecule has 1 aliphatic rings. The maximum atomic E-state index is 13.0. The molecule has 10 heteroatoms. The lowest BCUT2D eigenvalue weighted by Crippen LogP contribution is -2.21. The third kappa shape index (κ3) is 5.11. The van der Waals surface area contributed by atoms with Crippen LogP contribution >= 0.6 is 0 Å². The molecule has 0 saturated heterocycles. The van der Waals surface area contributed by atoms with Gasteiger partial charge in [-0.2, -0.15) is 0 Å². The Balaban J connectivity index is 1.21. The molecule has 2 heterocycles. The molecule has 4 aromatic rings. The summed E-state index contributed by atoms with van der Waals surface area (Å²) in [4.78, 5) is 26.9. The minimum absolute atomic E-state index is 0.176. The Morgan fingerprint density at radius 2 is 1.54 bits per heavy atom. The molecule has 2 aromatic carbocycles. The Bertz CT molecular complexity index is 1350. The number of nitro groups is 1. The maximum absolute atomic E-state index is 13.0. The summed E-state index contributed by atoms with van der Waals surface area (Å²) < 4.78 is 16.5. The van der Waals surface area contributed by atoms with E-state index in [1.807, 2.05) is 36.4 Å². The average Bonchev–Trinajstić information content (AvgIpc) is 3.62. The number of benzene rings is 2. The fourth-order valence-electron chi connectivity index (χ4n) is 4.19. The van der Waals surface area contributed by atoms with Crippen LogP contribution in [0.4, 0.5) is 5.82 Å². The van der Waals surface area contributed by atoms with Crippen LogP contribution in [0.5, 0.6) is 11.5 Å². The standard InChI is InChI=1S/C25H25N5O5/c31-25-28(13-14-29(25)20-7-11-23(12-8-20)35-22-3-1-2-4-22)19-5-9-21(10-6-19)34-16-15-27-17-24(26-18-27)30(32)33/h5-14,17-18,22H,1-4,15-16H2. The zero-order valence-corrected chi connectivity index (χ0v) is 19.0. The first kappa shape index (κ1) is 22.5. The second kappa shape index (κ2) is 9.88. The first-order valence-electron chi connectivity index (χ1n) is 11.5. The van der Waals surface area contributed by atoms with Gasteiger partial charge in [0, 0.05) is 12.4 Å². The van der Waals surface area contributed by atoms with E-state index in [1.165, 1.54) is 25.4 Å². The second-order valence-corrected chi connectivity index (χ2v) is 8.41. The number of nitrogens with zero attached hydrogens (tertiary/aromatic N) is 5. The van der Waals surface area contributed by atoms with E-state index in [2.05, 4.69) is 4.98 Å². The van der Waals surface area contributed by atoms with Crippen molar-refractivity contribution in [2.24, 2.45) is 0 Å². The Labute approximate surface area is 201 Å². The number of ether oxygens (including phenoxy) is 2. The Morgan fingerprint density at radius 3 is 2.11 bits per heavy atom. The smallest absolute Gasteiger partial charge is 0.381 e. The van der Waals surface area contributed by atoms with E-state index < -0.39 is 4.92 Å². The Hall–Kier alpha value is -4.34. The van der Waals surface area contributed by atoms with Gasteiger partial charge in [-0.3, -0.25) is 9.13 Å². The third-order valence-corrected chi connectivity index (χ3v) is 6.04. The minimum atomic E-state index is -0.536. The average molecular weight is 476 g/mol. The summed E-state index contributed by atoms with van der Waals surface area (Å²) in [6.07, 6.45) is 11.2. The first-order valence-corrected chi connectivity index (χ1v) is 11.5. The molecule has 1 saturated carbocycles. The van der Waals surface area contributed by atoms with Crippen LogP contribution in [0.3, 0.4) is 0 Å². The molecule has 0 spiro atoms. The van der Waals surface area contributed by atoms with Crippen LogP contribution in [-0.4, -0.2) is 36.3 Å². The fourth-order valence-corrected chi connectivity index (χ4v) is 4.19. The van der Waals surface area contributed by atoms with Crippen molar-refractivity contribution >= 4 is 5.82 Å². The van der Waals surface area contributed by atoms with Crippen LogP contribution < -0.4 is 15.2 Å². The van der Waals surface area contributed by atoms with Crippen LogP contribution in [0.25, 0.3) is 11.4 Å². The number of rotatable bonds is 9. The SMILES string of the molecule is O=c1n(-c2ccc(OCCn3cnc([N+](=O)[O-])c3)cc2)ccn1-c1ccc(OC2CCCC2)cc1. The van der Waals surface area contributed by atoms with Gasteiger partial charge in [0.15, 0.2) is 0 Å². The number of hydrogen-bond donors (Lipinski definition) is 0. The summed E-state index contributed by atoms with van der Waals surface area (Å²) in [5.74, 6) is 1.27. The molecule has 0 aliphatic heterocycles. The van der Waals surface area contributed by atoms with E-state index >= 15 is 0 Å². The highest BCUT2D eigenvalue weighted by atomic mass is 16.6. The Kier molecular flexibility index (Phi) is 6.34. The zero-order chi connectivity index (χ0) is 24.2. The van der Waals surface area contributed by atoms with Gasteiger partial charge < -0.3 is 24.2 Å². The van der Waals surface area contributed by atoms with Crippen molar-refractivity contribution in [1.29, 1.82) is 0 Å². The predicted octanol–water partition coefficient (Wildman–Crippen LogP) is 4.13. The molecule has 0 atom stereocenters. The molecule has 0 amide bonds. The van der Waals surface area contributed by atoms with E-state index in [-0.39, 0.29) is 11.5 Å². The van der Waals surface area contributed by atoms with Gasteiger partial charge in [-0.25, -0.2) is 4.79 Å². The van der Waals surface area contributed by atoms with E-state index in [4.69, 9.17) is 9.47 Å². The van der Waals surface area contributed by atoms with E-state index in [0.29, 0.717) is 30.7 Å². The molecule has 1 fully saturated rings. The van der Waals surface area contributed by atoms with Gasteiger partial charge in [0.05, 0.1) is 24.0 Å². The van der Waals surface area contributed by atoms with Crippen molar-refractivity contribution < 1.29 is 14.4 Å². The second-order valence-electron chi connectivity index (χ2n) is 8.41. The summed E-state index contributed by atoms with van der Waals surface area (Å²) in [7, 11) is 0. The van der Waals surface area contributed by atoms with Crippen molar-refractivity contribution in [3.8, 4) is 22.9 Å². The number of hydrogen-bond acceptors (Lipinski definition) is 6. The summed E-state index contributed by atoms with van der Waals surface area (Å²) in [6.45, 7) is 0.749. The molecule has 0 radical (unpaired) electrons. The van der Waals surface area contributed by atoms with Crippen molar-refractivity contribution in [3.05, 3.63) is 94.0 Å².